The Morgan fingerprint density at radius 2 is 1.77 bits per heavy atom. The van der Waals surface area contributed by atoms with Crippen LogP contribution in [0.5, 0.6) is 0 Å². The minimum atomic E-state index is -0.101. The largest absolute Gasteiger partial charge is 0.396 e. The molecule has 3 aromatic rings. The van der Waals surface area contributed by atoms with Gasteiger partial charge in [0, 0.05) is 24.6 Å². The molecule has 0 bridgehead atoms. The molecule has 3 atom stereocenters. The Morgan fingerprint density at radius 3 is 2.55 bits per heavy atom. The van der Waals surface area contributed by atoms with Gasteiger partial charge in [-0.05, 0) is 48.6 Å². The molecule has 0 spiro atoms. The Morgan fingerprint density at radius 1 is 1.00 bits per heavy atom. The molecule has 5 rings (SSSR count). The molecule has 1 N–H and O–H groups in total. The number of aliphatic hydroxyl groups excluding tert-OH is 1. The van der Waals surface area contributed by atoms with E-state index < -0.39 is 0 Å². The summed E-state index contributed by atoms with van der Waals surface area (Å²) in [6.07, 6.45) is 1.46. The number of benzene rings is 3. The molecular weight excluding hydrogens is 384 g/mol. The smallest absolute Gasteiger partial charge is 0.268 e. The lowest BCUT2D eigenvalue weighted by atomic mass is 9.79. The van der Waals surface area contributed by atoms with Crippen molar-refractivity contribution >= 4 is 5.91 Å². The summed E-state index contributed by atoms with van der Waals surface area (Å²) in [5.74, 6) is 0.111. The second kappa shape index (κ2) is 8.29. The van der Waals surface area contributed by atoms with Crippen molar-refractivity contribution in [1.82, 2.24) is 10.0 Å². The molecule has 3 aromatic carbocycles. The van der Waals surface area contributed by atoms with Crippen molar-refractivity contribution in [3.8, 4) is 0 Å². The van der Waals surface area contributed by atoms with Crippen LogP contribution >= 0.6 is 0 Å². The number of aryl methyl sites for hydroxylation is 1. The third-order valence-electron chi connectivity index (χ3n) is 6.73. The first kappa shape index (κ1) is 20.0. The van der Waals surface area contributed by atoms with E-state index in [1.165, 1.54) is 22.3 Å². The number of hydrogen-bond acceptors (Lipinski definition) is 3. The Kier molecular flexibility index (Phi) is 5.34. The maximum Gasteiger partial charge on any atom is 0.268 e. The molecule has 0 aliphatic carbocycles. The van der Waals surface area contributed by atoms with E-state index in [-0.39, 0.29) is 30.5 Å². The lowest BCUT2D eigenvalue weighted by molar-refractivity contribution is -0.0182. The number of carbonyl (C=O) groups excluding carboxylic acids is 1. The Labute approximate surface area is 183 Å². The zero-order valence-corrected chi connectivity index (χ0v) is 17.8. The highest BCUT2D eigenvalue weighted by atomic mass is 16.3. The lowest BCUT2D eigenvalue weighted by Crippen LogP contribution is -2.48. The summed E-state index contributed by atoms with van der Waals surface area (Å²) in [7, 11) is 0. The number of fused-ring (bicyclic) bond motifs is 3. The number of carbonyl (C=O) groups is 1. The highest BCUT2D eigenvalue weighted by Gasteiger charge is 2.52. The molecule has 0 aromatic heterocycles. The average Bonchev–Trinajstić information content (AvgIpc) is 3.13. The van der Waals surface area contributed by atoms with Crippen molar-refractivity contribution < 1.29 is 9.90 Å². The van der Waals surface area contributed by atoms with Gasteiger partial charge < -0.3 is 5.11 Å². The van der Waals surface area contributed by atoms with Crippen molar-refractivity contribution in [1.29, 1.82) is 0 Å². The maximum absolute atomic E-state index is 13.7. The molecule has 1 saturated heterocycles. The summed E-state index contributed by atoms with van der Waals surface area (Å²) < 4.78 is 0. The van der Waals surface area contributed by atoms with Crippen molar-refractivity contribution in [2.75, 3.05) is 13.2 Å². The first-order valence-electron chi connectivity index (χ1n) is 11.1. The predicted octanol–water partition coefficient (Wildman–Crippen LogP) is 4.50. The summed E-state index contributed by atoms with van der Waals surface area (Å²) in [6.45, 7) is 2.96. The Bertz CT molecular complexity index is 1080. The number of rotatable bonds is 4. The van der Waals surface area contributed by atoms with Gasteiger partial charge in [-0.1, -0.05) is 72.3 Å². The third-order valence-corrected chi connectivity index (χ3v) is 6.73. The minimum absolute atomic E-state index is 0.0126. The molecule has 31 heavy (non-hydrogen) atoms. The zero-order valence-electron chi connectivity index (χ0n) is 17.8. The predicted molar refractivity (Wildman–Crippen MR) is 122 cm³/mol. The first-order chi connectivity index (χ1) is 15.2. The standard InChI is InChI=1S/C27H28N2O2/c1-19-8-7-12-22(18-19)25-24(15-17-30)29(27(31)21-10-3-2-4-11-21)28-16-14-20-9-5-6-13-23(20)26(25)28/h2-13,18,24-26,30H,14-17H2,1H3. The summed E-state index contributed by atoms with van der Waals surface area (Å²) in [5.41, 5.74) is 5.79. The van der Waals surface area contributed by atoms with E-state index in [1.807, 2.05) is 35.3 Å². The van der Waals surface area contributed by atoms with Crippen molar-refractivity contribution in [3.05, 3.63) is 107 Å². The number of aliphatic hydroxyl groups is 1. The molecule has 2 aliphatic heterocycles. The van der Waals surface area contributed by atoms with Crippen LogP contribution in [0, 0.1) is 6.92 Å². The second-order valence-electron chi connectivity index (χ2n) is 8.59. The van der Waals surface area contributed by atoms with Gasteiger partial charge in [0.15, 0.2) is 0 Å². The van der Waals surface area contributed by atoms with E-state index in [4.69, 9.17) is 0 Å². The van der Waals surface area contributed by atoms with Crippen LogP contribution < -0.4 is 0 Å². The van der Waals surface area contributed by atoms with Gasteiger partial charge in [-0.15, -0.1) is 0 Å². The number of hydrazine groups is 1. The monoisotopic (exact) mass is 412 g/mol. The molecule has 4 heteroatoms. The van der Waals surface area contributed by atoms with E-state index in [1.54, 1.807) is 0 Å². The van der Waals surface area contributed by atoms with E-state index in [0.29, 0.717) is 12.0 Å². The topological polar surface area (TPSA) is 43.8 Å². The van der Waals surface area contributed by atoms with Gasteiger partial charge in [-0.2, -0.15) is 0 Å². The van der Waals surface area contributed by atoms with Crippen LogP contribution in [0.15, 0.2) is 78.9 Å². The molecule has 1 amide bonds. The van der Waals surface area contributed by atoms with Gasteiger partial charge in [0.05, 0.1) is 12.1 Å². The second-order valence-corrected chi connectivity index (χ2v) is 8.59. The molecule has 158 valence electrons. The van der Waals surface area contributed by atoms with Crippen molar-refractivity contribution in [3.63, 3.8) is 0 Å². The van der Waals surface area contributed by atoms with Crippen molar-refractivity contribution in [2.45, 2.75) is 37.8 Å². The van der Waals surface area contributed by atoms with Crippen LogP contribution in [0.25, 0.3) is 0 Å². The van der Waals surface area contributed by atoms with Gasteiger partial charge >= 0.3 is 0 Å². The zero-order chi connectivity index (χ0) is 21.4. The van der Waals surface area contributed by atoms with Crippen molar-refractivity contribution in [2.24, 2.45) is 0 Å². The quantitative estimate of drug-likeness (QED) is 0.686. The Hall–Kier alpha value is -2.95. The molecule has 4 nitrogen and oxygen atoms in total. The van der Waals surface area contributed by atoms with Gasteiger partial charge in [0.25, 0.3) is 5.91 Å². The van der Waals surface area contributed by atoms with Crippen LogP contribution in [0.4, 0.5) is 0 Å². The van der Waals surface area contributed by atoms with Crippen LogP contribution in [0.3, 0.4) is 0 Å². The fourth-order valence-electron chi connectivity index (χ4n) is 5.45. The van der Waals surface area contributed by atoms with Crippen LogP contribution in [0.2, 0.25) is 0 Å². The molecule has 0 radical (unpaired) electrons. The fourth-order valence-corrected chi connectivity index (χ4v) is 5.45. The fraction of sp³-hybridized carbons (Fsp3) is 0.296. The highest BCUT2D eigenvalue weighted by Crippen LogP contribution is 2.51. The van der Waals surface area contributed by atoms with Gasteiger partial charge in [0.1, 0.15) is 0 Å². The normalized spacial score (nSPS) is 22.8. The summed E-state index contributed by atoms with van der Waals surface area (Å²) in [4.78, 5) is 13.7. The number of amides is 1. The number of hydrogen-bond donors (Lipinski definition) is 1. The molecule has 1 fully saturated rings. The van der Waals surface area contributed by atoms with Gasteiger partial charge in [0.2, 0.25) is 0 Å². The molecule has 2 aliphatic rings. The van der Waals surface area contributed by atoms with Crippen LogP contribution in [-0.2, 0) is 6.42 Å². The minimum Gasteiger partial charge on any atom is -0.396 e. The van der Waals surface area contributed by atoms with Crippen LogP contribution in [-0.4, -0.2) is 40.2 Å². The van der Waals surface area contributed by atoms with E-state index in [2.05, 4.69) is 60.5 Å². The summed E-state index contributed by atoms with van der Waals surface area (Å²) in [6, 6.07) is 26.7. The third kappa shape index (κ3) is 3.46. The molecule has 3 unspecified atom stereocenters. The maximum atomic E-state index is 13.7. The molecule has 2 heterocycles. The van der Waals surface area contributed by atoms with Gasteiger partial charge in [-0.3, -0.25) is 9.80 Å². The average molecular weight is 413 g/mol. The van der Waals surface area contributed by atoms with E-state index in [0.717, 1.165) is 13.0 Å². The number of nitrogens with zero attached hydrogens (tertiary/aromatic N) is 2. The Balaban J connectivity index is 1.67. The van der Waals surface area contributed by atoms with E-state index >= 15 is 0 Å². The summed E-state index contributed by atoms with van der Waals surface area (Å²) in [5, 5.41) is 14.2. The molecule has 0 saturated carbocycles. The SMILES string of the molecule is Cc1cccc(C2C3c4ccccc4CCN3N(C(=O)c3ccccc3)C2CCO)c1. The summed E-state index contributed by atoms with van der Waals surface area (Å²) >= 11 is 0. The highest BCUT2D eigenvalue weighted by molar-refractivity contribution is 5.94. The lowest BCUT2D eigenvalue weighted by Gasteiger charge is -2.38. The molecular formula is C27H28N2O2. The van der Waals surface area contributed by atoms with Crippen LogP contribution in [0.1, 0.15) is 51.0 Å². The van der Waals surface area contributed by atoms with Gasteiger partial charge in [-0.25, -0.2) is 5.01 Å². The van der Waals surface area contributed by atoms with E-state index in [9.17, 15) is 9.90 Å². The first-order valence-corrected chi connectivity index (χ1v) is 11.1.